The molecule has 2 heterocycles. The van der Waals surface area contributed by atoms with E-state index in [-0.39, 0.29) is 0 Å². The smallest absolute Gasteiger partial charge is 0.209 e. The summed E-state index contributed by atoms with van der Waals surface area (Å²) in [5.74, 6) is 1.51. The van der Waals surface area contributed by atoms with E-state index < -0.39 is 0 Å². The lowest BCUT2D eigenvalue weighted by Crippen LogP contribution is -1.73. The molecule has 2 aromatic rings. The average Bonchev–Trinajstić information content (AvgIpc) is 2.71. The second-order valence-electron chi connectivity index (χ2n) is 2.50. The van der Waals surface area contributed by atoms with Crippen LogP contribution < -0.4 is 0 Å². The first-order chi connectivity index (χ1) is 6.29. The highest BCUT2D eigenvalue weighted by atomic mass is 35.5. The van der Waals surface area contributed by atoms with Gasteiger partial charge in [0.25, 0.3) is 0 Å². The Morgan fingerprint density at radius 1 is 1.62 bits per heavy atom. The first-order valence-electron chi connectivity index (χ1n) is 3.73. The van der Waals surface area contributed by atoms with Crippen LogP contribution in [0.15, 0.2) is 16.0 Å². The lowest BCUT2D eigenvalue weighted by molar-refractivity contribution is 0.527. The zero-order chi connectivity index (χ0) is 9.26. The molecule has 0 saturated heterocycles. The Balaban J connectivity index is 2.35. The molecule has 3 nitrogen and oxygen atoms in total. The van der Waals surface area contributed by atoms with Gasteiger partial charge < -0.3 is 4.42 Å². The van der Waals surface area contributed by atoms with Crippen molar-refractivity contribution in [2.75, 3.05) is 0 Å². The number of nitrogens with zero attached hydrogens (tertiary/aromatic N) is 2. The second-order valence-corrected chi connectivity index (χ2v) is 3.83. The zero-order valence-electron chi connectivity index (χ0n) is 6.95. The summed E-state index contributed by atoms with van der Waals surface area (Å²) in [6.07, 6.45) is 1.65. The lowest BCUT2D eigenvalue weighted by Gasteiger charge is -1.86. The van der Waals surface area contributed by atoms with Crippen molar-refractivity contribution in [1.29, 1.82) is 0 Å². The molecule has 0 aliphatic carbocycles. The van der Waals surface area contributed by atoms with E-state index in [1.807, 2.05) is 12.3 Å². The molecule has 2 rings (SSSR count). The van der Waals surface area contributed by atoms with Gasteiger partial charge in [-0.1, -0.05) is 0 Å². The normalized spacial score (nSPS) is 10.6. The van der Waals surface area contributed by atoms with E-state index in [4.69, 9.17) is 16.0 Å². The fourth-order valence-corrected chi connectivity index (χ4v) is 1.69. The highest BCUT2D eigenvalue weighted by Crippen LogP contribution is 2.22. The van der Waals surface area contributed by atoms with Crippen molar-refractivity contribution in [3.63, 3.8) is 0 Å². The average molecular weight is 215 g/mol. The number of rotatable bonds is 2. The van der Waals surface area contributed by atoms with Crippen LogP contribution in [0.2, 0.25) is 0 Å². The zero-order valence-corrected chi connectivity index (χ0v) is 8.52. The van der Waals surface area contributed by atoms with Crippen molar-refractivity contribution >= 4 is 22.9 Å². The summed E-state index contributed by atoms with van der Waals surface area (Å²) in [6.45, 7) is 1.95. The molecule has 0 aromatic carbocycles. The first kappa shape index (κ1) is 8.72. The molecular weight excluding hydrogens is 208 g/mol. The number of hydrogen-bond acceptors (Lipinski definition) is 4. The number of halogens is 1. The van der Waals surface area contributed by atoms with Crippen LogP contribution in [-0.2, 0) is 5.88 Å². The van der Waals surface area contributed by atoms with Crippen LogP contribution in [-0.4, -0.2) is 9.97 Å². The number of aromatic nitrogens is 2. The molecule has 0 aliphatic rings. The fourth-order valence-electron chi connectivity index (χ4n) is 0.967. The Hall–Kier alpha value is -0.870. The first-order valence-corrected chi connectivity index (χ1v) is 5.14. The maximum atomic E-state index is 5.56. The van der Waals surface area contributed by atoms with Crippen molar-refractivity contribution in [3.8, 4) is 11.5 Å². The van der Waals surface area contributed by atoms with Gasteiger partial charge in [0.15, 0.2) is 5.76 Å². The SMILES string of the molecule is Cc1nc(-c2cnc(CCl)o2)cs1. The van der Waals surface area contributed by atoms with Gasteiger partial charge >= 0.3 is 0 Å². The molecule has 0 spiro atoms. The van der Waals surface area contributed by atoms with Crippen molar-refractivity contribution < 1.29 is 4.42 Å². The van der Waals surface area contributed by atoms with Gasteiger partial charge in [-0.3, -0.25) is 0 Å². The monoisotopic (exact) mass is 214 g/mol. The van der Waals surface area contributed by atoms with Crippen molar-refractivity contribution in [2.45, 2.75) is 12.8 Å². The minimum atomic E-state index is 0.295. The van der Waals surface area contributed by atoms with Gasteiger partial charge in [-0.15, -0.1) is 22.9 Å². The standard InChI is InChI=1S/C8H7ClN2OS/c1-5-11-6(4-13-5)7-3-10-8(2-9)12-7/h3-4H,2H2,1H3. The molecule has 0 aliphatic heterocycles. The number of hydrogen-bond donors (Lipinski definition) is 0. The summed E-state index contributed by atoms with van der Waals surface area (Å²) >= 11 is 7.14. The molecule has 68 valence electrons. The molecule has 0 radical (unpaired) electrons. The van der Waals surface area contributed by atoms with E-state index in [1.165, 1.54) is 0 Å². The molecule has 0 amide bonds. The third-order valence-electron chi connectivity index (χ3n) is 1.54. The maximum Gasteiger partial charge on any atom is 0.209 e. The molecule has 5 heteroatoms. The van der Waals surface area contributed by atoms with E-state index in [1.54, 1.807) is 17.5 Å². The molecule has 0 atom stereocenters. The summed E-state index contributed by atoms with van der Waals surface area (Å²) in [5, 5.41) is 2.95. The molecule has 0 N–H and O–H groups in total. The Morgan fingerprint density at radius 2 is 2.46 bits per heavy atom. The summed E-state index contributed by atoms with van der Waals surface area (Å²) in [4.78, 5) is 8.26. The maximum absolute atomic E-state index is 5.56. The van der Waals surface area contributed by atoms with Crippen molar-refractivity contribution in [1.82, 2.24) is 9.97 Å². The molecule has 0 saturated carbocycles. The molecular formula is C8H7ClN2OS. The largest absolute Gasteiger partial charge is 0.438 e. The molecule has 2 aromatic heterocycles. The topological polar surface area (TPSA) is 38.9 Å². The van der Waals surface area contributed by atoms with Crippen LogP contribution >= 0.6 is 22.9 Å². The highest BCUT2D eigenvalue weighted by Gasteiger charge is 2.07. The molecule has 0 fully saturated rings. The summed E-state index contributed by atoms with van der Waals surface area (Å²) in [6, 6.07) is 0. The van der Waals surface area contributed by atoms with Gasteiger partial charge in [0.05, 0.1) is 17.1 Å². The summed E-state index contributed by atoms with van der Waals surface area (Å²) < 4.78 is 5.33. The van der Waals surface area contributed by atoms with Gasteiger partial charge in [0.2, 0.25) is 5.89 Å². The molecule has 13 heavy (non-hydrogen) atoms. The van der Waals surface area contributed by atoms with E-state index in [9.17, 15) is 0 Å². The van der Waals surface area contributed by atoms with E-state index in [0.717, 1.165) is 10.7 Å². The molecule has 0 unspecified atom stereocenters. The van der Waals surface area contributed by atoms with Gasteiger partial charge in [0, 0.05) is 5.38 Å². The number of thiazole rings is 1. The van der Waals surface area contributed by atoms with Gasteiger partial charge in [0.1, 0.15) is 5.69 Å². The highest BCUT2D eigenvalue weighted by molar-refractivity contribution is 7.09. The predicted octanol–water partition coefficient (Wildman–Crippen LogP) is 2.85. The van der Waals surface area contributed by atoms with Crippen LogP contribution in [0, 0.1) is 6.92 Å². The Morgan fingerprint density at radius 3 is 3.00 bits per heavy atom. The van der Waals surface area contributed by atoms with Crippen LogP contribution in [0.3, 0.4) is 0 Å². The van der Waals surface area contributed by atoms with E-state index in [0.29, 0.717) is 17.5 Å². The second kappa shape index (κ2) is 3.47. The Kier molecular flexibility index (Phi) is 2.33. The van der Waals surface area contributed by atoms with Crippen molar-refractivity contribution in [2.24, 2.45) is 0 Å². The van der Waals surface area contributed by atoms with Crippen molar-refractivity contribution in [3.05, 3.63) is 22.5 Å². The van der Waals surface area contributed by atoms with Crippen LogP contribution in [0.4, 0.5) is 0 Å². The summed E-state index contributed by atoms with van der Waals surface area (Å²) in [7, 11) is 0. The quantitative estimate of drug-likeness (QED) is 0.722. The van der Waals surface area contributed by atoms with Gasteiger partial charge in [-0.25, -0.2) is 9.97 Å². The van der Waals surface area contributed by atoms with Crippen LogP contribution in [0.25, 0.3) is 11.5 Å². The Bertz CT molecular complexity index is 410. The van der Waals surface area contributed by atoms with E-state index in [2.05, 4.69) is 9.97 Å². The number of oxazole rings is 1. The molecule has 0 bridgehead atoms. The van der Waals surface area contributed by atoms with Crippen LogP contribution in [0.5, 0.6) is 0 Å². The lowest BCUT2D eigenvalue weighted by atomic mass is 10.4. The number of aryl methyl sites for hydroxylation is 1. The van der Waals surface area contributed by atoms with Gasteiger partial charge in [-0.05, 0) is 6.92 Å². The number of alkyl halides is 1. The minimum Gasteiger partial charge on any atom is -0.438 e. The fraction of sp³-hybridized carbons (Fsp3) is 0.250. The summed E-state index contributed by atoms with van der Waals surface area (Å²) in [5.41, 5.74) is 0.825. The van der Waals surface area contributed by atoms with Gasteiger partial charge in [-0.2, -0.15) is 0 Å². The predicted molar refractivity (Wildman–Crippen MR) is 51.9 cm³/mol. The van der Waals surface area contributed by atoms with E-state index >= 15 is 0 Å². The third-order valence-corrected chi connectivity index (χ3v) is 2.54. The third kappa shape index (κ3) is 1.73. The Labute approximate surface area is 84.4 Å². The minimum absolute atomic E-state index is 0.295. The van der Waals surface area contributed by atoms with Crippen LogP contribution in [0.1, 0.15) is 10.9 Å².